The first-order valence-corrected chi connectivity index (χ1v) is 6.26. The van der Waals surface area contributed by atoms with Gasteiger partial charge >= 0.3 is 0 Å². The summed E-state index contributed by atoms with van der Waals surface area (Å²) in [5.41, 5.74) is 0.636. The maximum absolute atomic E-state index is 5.48. The van der Waals surface area contributed by atoms with Crippen molar-refractivity contribution in [3.63, 3.8) is 0 Å². The van der Waals surface area contributed by atoms with E-state index in [0.29, 0.717) is 5.41 Å². The van der Waals surface area contributed by atoms with Gasteiger partial charge in [0, 0.05) is 13.2 Å². The fourth-order valence-electron chi connectivity index (χ4n) is 2.55. The van der Waals surface area contributed by atoms with Crippen molar-refractivity contribution in [2.24, 2.45) is 11.3 Å². The van der Waals surface area contributed by atoms with Crippen molar-refractivity contribution in [2.45, 2.75) is 59.3 Å². The lowest BCUT2D eigenvalue weighted by atomic mass is 9.72. The Morgan fingerprint density at radius 3 is 2.29 bits per heavy atom. The molecule has 0 unspecified atom stereocenters. The van der Waals surface area contributed by atoms with Gasteiger partial charge in [0.05, 0.1) is 0 Å². The molecule has 0 aromatic carbocycles. The molecule has 1 rings (SSSR count). The molecule has 0 spiro atoms. The van der Waals surface area contributed by atoms with Crippen molar-refractivity contribution in [1.82, 2.24) is 0 Å². The van der Waals surface area contributed by atoms with Crippen LogP contribution >= 0.6 is 0 Å². The first kappa shape index (κ1) is 12.0. The van der Waals surface area contributed by atoms with Crippen LogP contribution in [-0.2, 0) is 4.74 Å². The van der Waals surface area contributed by atoms with Crippen LogP contribution in [0.4, 0.5) is 0 Å². The van der Waals surface area contributed by atoms with E-state index in [2.05, 4.69) is 20.8 Å². The highest BCUT2D eigenvalue weighted by molar-refractivity contribution is 4.81. The fourth-order valence-corrected chi connectivity index (χ4v) is 2.55. The molecular weight excluding hydrogens is 172 g/mol. The van der Waals surface area contributed by atoms with E-state index in [9.17, 15) is 0 Å². The smallest absolute Gasteiger partial charge is 0.0471 e. The van der Waals surface area contributed by atoms with Gasteiger partial charge in [0.2, 0.25) is 0 Å². The van der Waals surface area contributed by atoms with Gasteiger partial charge in [0.25, 0.3) is 0 Å². The molecule has 1 nitrogen and oxygen atoms in total. The monoisotopic (exact) mass is 198 g/mol. The molecule has 0 radical (unpaired) electrons. The first-order chi connectivity index (χ1) is 6.68. The van der Waals surface area contributed by atoms with Gasteiger partial charge in [-0.25, -0.2) is 0 Å². The summed E-state index contributed by atoms with van der Waals surface area (Å²) in [7, 11) is 0. The van der Waals surface area contributed by atoms with E-state index in [1.54, 1.807) is 0 Å². The normalized spacial score (nSPS) is 21.4. The standard InChI is InChI=1S/C13H26O/c1-4-6-13(7-5-12(2)3)8-10-14-11-9-13/h12H,4-11H2,1-3H3. The van der Waals surface area contributed by atoms with Gasteiger partial charge < -0.3 is 4.74 Å². The molecule has 1 heterocycles. The average molecular weight is 198 g/mol. The van der Waals surface area contributed by atoms with Crippen LogP contribution in [0.1, 0.15) is 59.3 Å². The fraction of sp³-hybridized carbons (Fsp3) is 1.00. The van der Waals surface area contributed by atoms with Crippen molar-refractivity contribution < 1.29 is 4.74 Å². The van der Waals surface area contributed by atoms with Gasteiger partial charge in [0.1, 0.15) is 0 Å². The molecule has 0 amide bonds. The number of hydrogen-bond acceptors (Lipinski definition) is 1. The minimum absolute atomic E-state index is 0.636. The topological polar surface area (TPSA) is 9.23 Å². The third kappa shape index (κ3) is 3.61. The van der Waals surface area contributed by atoms with Gasteiger partial charge in [-0.3, -0.25) is 0 Å². The van der Waals surface area contributed by atoms with Crippen molar-refractivity contribution >= 4 is 0 Å². The quantitative estimate of drug-likeness (QED) is 0.648. The Kier molecular flexibility index (Phi) is 4.94. The summed E-state index contributed by atoms with van der Waals surface area (Å²) in [6, 6.07) is 0. The molecule has 0 N–H and O–H groups in total. The van der Waals surface area contributed by atoms with E-state index in [1.165, 1.54) is 38.5 Å². The summed E-state index contributed by atoms with van der Waals surface area (Å²) >= 11 is 0. The molecule has 1 heteroatoms. The minimum atomic E-state index is 0.636. The predicted molar refractivity (Wildman–Crippen MR) is 61.5 cm³/mol. The molecule has 0 saturated carbocycles. The number of rotatable bonds is 5. The summed E-state index contributed by atoms with van der Waals surface area (Å²) in [6.07, 6.45) is 8.14. The third-order valence-electron chi connectivity index (χ3n) is 3.59. The highest BCUT2D eigenvalue weighted by atomic mass is 16.5. The van der Waals surface area contributed by atoms with Gasteiger partial charge in [-0.1, -0.05) is 33.6 Å². The summed E-state index contributed by atoms with van der Waals surface area (Å²) < 4.78 is 5.48. The third-order valence-corrected chi connectivity index (χ3v) is 3.59. The Labute approximate surface area is 89.2 Å². The Morgan fingerprint density at radius 2 is 1.79 bits per heavy atom. The minimum Gasteiger partial charge on any atom is -0.381 e. The van der Waals surface area contributed by atoms with Crippen molar-refractivity contribution in [3.05, 3.63) is 0 Å². The predicted octanol–water partition coefficient (Wildman–Crippen LogP) is 4.02. The van der Waals surface area contributed by atoms with Crippen LogP contribution < -0.4 is 0 Å². The zero-order valence-corrected chi connectivity index (χ0v) is 10.1. The Morgan fingerprint density at radius 1 is 1.14 bits per heavy atom. The van der Waals surface area contributed by atoms with Gasteiger partial charge in [-0.2, -0.15) is 0 Å². The van der Waals surface area contributed by atoms with Crippen LogP contribution in [0, 0.1) is 11.3 Å². The van der Waals surface area contributed by atoms with E-state index in [0.717, 1.165) is 19.1 Å². The molecule has 0 atom stereocenters. The van der Waals surface area contributed by atoms with E-state index < -0.39 is 0 Å². The molecule has 84 valence electrons. The van der Waals surface area contributed by atoms with E-state index in [4.69, 9.17) is 4.74 Å². The van der Waals surface area contributed by atoms with Crippen molar-refractivity contribution in [2.75, 3.05) is 13.2 Å². The van der Waals surface area contributed by atoms with Crippen LogP contribution in [0.2, 0.25) is 0 Å². The molecule has 1 saturated heterocycles. The molecule has 14 heavy (non-hydrogen) atoms. The molecule has 0 aromatic rings. The summed E-state index contributed by atoms with van der Waals surface area (Å²) in [6.45, 7) is 8.97. The highest BCUT2D eigenvalue weighted by Crippen LogP contribution is 2.40. The maximum atomic E-state index is 5.48. The summed E-state index contributed by atoms with van der Waals surface area (Å²) in [5.74, 6) is 0.853. The number of hydrogen-bond donors (Lipinski definition) is 0. The lowest BCUT2D eigenvalue weighted by Crippen LogP contribution is -2.29. The Bertz CT molecular complexity index is 140. The van der Waals surface area contributed by atoms with Crippen LogP contribution in [0.3, 0.4) is 0 Å². The van der Waals surface area contributed by atoms with Gasteiger partial charge in [0.15, 0.2) is 0 Å². The van der Waals surface area contributed by atoms with E-state index in [1.807, 2.05) is 0 Å². The molecule has 0 aromatic heterocycles. The van der Waals surface area contributed by atoms with Gasteiger partial charge in [-0.05, 0) is 37.0 Å². The van der Waals surface area contributed by atoms with Crippen LogP contribution in [0.15, 0.2) is 0 Å². The van der Waals surface area contributed by atoms with E-state index in [-0.39, 0.29) is 0 Å². The van der Waals surface area contributed by atoms with Crippen LogP contribution in [0.5, 0.6) is 0 Å². The number of ether oxygens (including phenoxy) is 1. The molecule has 1 aliphatic heterocycles. The average Bonchev–Trinajstić information content (AvgIpc) is 2.17. The largest absolute Gasteiger partial charge is 0.381 e. The van der Waals surface area contributed by atoms with Crippen molar-refractivity contribution in [3.8, 4) is 0 Å². The molecular formula is C13H26O. The van der Waals surface area contributed by atoms with Crippen LogP contribution in [0.25, 0.3) is 0 Å². The molecule has 1 aliphatic rings. The summed E-state index contributed by atoms with van der Waals surface area (Å²) in [4.78, 5) is 0. The van der Waals surface area contributed by atoms with Crippen molar-refractivity contribution in [1.29, 1.82) is 0 Å². The molecule has 0 bridgehead atoms. The molecule has 1 fully saturated rings. The highest BCUT2D eigenvalue weighted by Gasteiger charge is 2.31. The van der Waals surface area contributed by atoms with Crippen LogP contribution in [-0.4, -0.2) is 13.2 Å². The first-order valence-electron chi connectivity index (χ1n) is 6.26. The second-order valence-electron chi connectivity index (χ2n) is 5.29. The Hall–Kier alpha value is -0.0400. The lowest BCUT2D eigenvalue weighted by Gasteiger charge is -2.37. The Balaban J connectivity index is 2.42. The van der Waals surface area contributed by atoms with E-state index >= 15 is 0 Å². The van der Waals surface area contributed by atoms with Gasteiger partial charge in [-0.15, -0.1) is 0 Å². The second kappa shape index (κ2) is 5.75. The zero-order valence-electron chi connectivity index (χ0n) is 10.1. The lowest BCUT2D eigenvalue weighted by molar-refractivity contribution is 0.00259. The second-order valence-corrected chi connectivity index (χ2v) is 5.29. The zero-order chi connectivity index (χ0) is 10.4. The molecule has 0 aliphatic carbocycles. The maximum Gasteiger partial charge on any atom is 0.0471 e. The SMILES string of the molecule is CCCC1(CCC(C)C)CCOCC1. The summed E-state index contributed by atoms with van der Waals surface area (Å²) in [5, 5.41) is 0.